The quantitative estimate of drug-likeness (QED) is 0.865. The predicted molar refractivity (Wildman–Crippen MR) is 108 cm³/mol. The van der Waals surface area contributed by atoms with E-state index in [9.17, 15) is 5.26 Å². The number of nitrogens with zero attached hydrogens (tertiary/aromatic N) is 4. The Morgan fingerprint density at radius 2 is 2.07 bits per heavy atom. The second kappa shape index (κ2) is 8.04. The van der Waals surface area contributed by atoms with Crippen LogP contribution in [0.2, 0.25) is 0 Å². The van der Waals surface area contributed by atoms with Crippen LogP contribution in [0.15, 0.2) is 30.6 Å². The van der Waals surface area contributed by atoms with E-state index in [0.29, 0.717) is 5.56 Å². The maximum atomic E-state index is 9.35. The van der Waals surface area contributed by atoms with Gasteiger partial charge in [0.1, 0.15) is 0 Å². The fourth-order valence-electron chi connectivity index (χ4n) is 4.61. The Labute approximate surface area is 167 Å². The highest BCUT2D eigenvalue weighted by Crippen LogP contribution is 2.36. The Balaban J connectivity index is 1.58. The number of H-pyrrole nitrogens is 1. The van der Waals surface area contributed by atoms with Crippen molar-refractivity contribution in [2.75, 3.05) is 45.9 Å². The number of benzene rings is 1. The number of nitriles is 1. The minimum absolute atomic E-state index is 0.0901. The molecule has 3 heterocycles. The number of nitrogens with one attached hydrogen (secondary N) is 1. The highest BCUT2D eigenvalue weighted by Gasteiger charge is 2.35. The van der Waals surface area contributed by atoms with Gasteiger partial charge in [-0.1, -0.05) is 26.0 Å². The van der Waals surface area contributed by atoms with Gasteiger partial charge in [-0.2, -0.15) is 5.26 Å². The van der Waals surface area contributed by atoms with Gasteiger partial charge in [-0.25, -0.2) is 4.98 Å². The molecule has 0 aliphatic carbocycles. The third-order valence-corrected chi connectivity index (χ3v) is 5.74. The summed E-state index contributed by atoms with van der Waals surface area (Å²) in [5.41, 5.74) is 4.32. The first kappa shape index (κ1) is 19.1. The molecule has 0 amide bonds. The van der Waals surface area contributed by atoms with Gasteiger partial charge in [0.25, 0.3) is 0 Å². The average Bonchev–Trinajstić information content (AvgIpc) is 3.16. The Hall–Kier alpha value is -2.20. The Bertz CT molecular complexity index is 847. The number of imidazole rings is 1. The number of hydrogen-bond donors (Lipinski definition) is 1. The molecule has 1 fully saturated rings. The van der Waals surface area contributed by atoms with E-state index < -0.39 is 0 Å². The van der Waals surface area contributed by atoms with Crippen molar-refractivity contribution in [2.24, 2.45) is 5.41 Å². The summed E-state index contributed by atoms with van der Waals surface area (Å²) in [4.78, 5) is 13.0. The third kappa shape index (κ3) is 4.12. The van der Waals surface area contributed by atoms with Crippen molar-refractivity contribution >= 4 is 0 Å². The first-order valence-electron chi connectivity index (χ1n) is 10.1. The van der Waals surface area contributed by atoms with E-state index in [1.165, 1.54) is 5.69 Å². The van der Waals surface area contributed by atoms with Crippen LogP contribution in [0.5, 0.6) is 0 Å². The van der Waals surface area contributed by atoms with Gasteiger partial charge in [-0.05, 0) is 23.1 Å². The summed E-state index contributed by atoms with van der Waals surface area (Å²) in [6.45, 7) is 11.4. The molecule has 2 aliphatic rings. The van der Waals surface area contributed by atoms with Crippen molar-refractivity contribution in [3.63, 3.8) is 0 Å². The molecule has 2 aromatic rings. The summed E-state index contributed by atoms with van der Waals surface area (Å²) in [6, 6.07) is 10.3. The number of rotatable bonds is 5. The summed E-state index contributed by atoms with van der Waals surface area (Å²) in [7, 11) is 0. The molecule has 1 unspecified atom stereocenters. The number of fused-ring (bicyclic) bond motifs is 1. The van der Waals surface area contributed by atoms with Crippen LogP contribution in [0.1, 0.15) is 42.4 Å². The van der Waals surface area contributed by atoms with Crippen molar-refractivity contribution in [2.45, 2.75) is 26.3 Å². The van der Waals surface area contributed by atoms with Gasteiger partial charge in [-0.15, -0.1) is 0 Å². The van der Waals surface area contributed by atoms with Crippen molar-refractivity contribution in [3.8, 4) is 6.07 Å². The Morgan fingerprint density at radius 3 is 2.86 bits per heavy atom. The monoisotopic (exact) mass is 379 g/mol. The van der Waals surface area contributed by atoms with E-state index in [2.05, 4.69) is 45.8 Å². The van der Waals surface area contributed by atoms with Gasteiger partial charge in [0.2, 0.25) is 0 Å². The normalized spacial score (nSPS) is 21.2. The maximum Gasteiger partial charge on any atom is 0.0991 e. The SMILES string of the molecule is CC(C)(CN1CCOCC1)CN1CCc2[nH]cnc2C1c1cccc(C#N)c1. The van der Waals surface area contributed by atoms with E-state index in [1.807, 2.05) is 18.2 Å². The lowest BCUT2D eigenvalue weighted by Gasteiger charge is -2.42. The molecule has 28 heavy (non-hydrogen) atoms. The molecule has 2 aliphatic heterocycles. The molecule has 1 N–H and O–H groups in total. The molecule has 0 saturated carbocycles. The van der Waals surface area contributed by atoms with Gasteiger partial charge in [-0.3, -0.25) is 9.80 Å². The second-order valence-corrected chi connectivity index (χ2v) is 8.68. The van der Waals surface area contributed by atoms with Crippen LogP contribution in [0.25, 0.3) is 0 Å². The van der Waals surface area contributed by atoms with Crippen molar-refractivity contribution in [1.29, 1.82) is 5.26 Å². The molecule has 0 bridgehead atoms. The van der Waals surface area contributed by atoms with Crippen molar-refractivity contribution in [1.82, 2.24) is 19.8 Å². The zero-order chi connectivity index (χ0) is 19.6. The van der Waals surface area contributed by atoms with Gasteiger partial charge < -0.3 is 9.72 Å². The van der Waals surface area contributed by atoms with Gasteiger partial charge in [0.05, 0.1) is 42.9 Å². The molecule has 1 aromatic heterocycles. The van der Waals surface area contributed by atoms with Crippen LogP contribution < -0.4 is 0 Å². The summed E-state index contributed by atoms with van der Waals surface area (Å²) in [5, 5.41) is 9.35. The second-order valence-electron chi connectivity index (χ2n) is 8.68. The molecule has 4 rings (SSSR count). The minimum Gasteiger partial charge on any atom is -0.379 e. The molecule has 148 valence electrons. The number of aromatic nitrogens is 2. The highest BCUT2D eigenvalue weighted by atomic mass is 16.5. The van der Waals surface area contributed by atoms with Gasteiger partial charge in [0, 0.05) is 44.8 Å². The lowest BCUT2D eigenvalue weighted by molar-refractivity contribution is 0.0122. The lowest BCUT2D eigenvalue weighted by Crippen LogP contribution is -2.48. The number of morpholine rings is 1. The third-order valence-electron chi connectivity index (χ3n) is 5.74. The summed E-state index contributed by atoms with van der Waals surface area (Å²) < 4.78 is 5.50. The summed E-state index contributed by atoms with van der Waals surface area (Å²) in [6.07, 6.45) is 2.78. The average molecular weight is 380 g/mol. The zero-order valence-electron chi connectivity index (χ0n) is 16.8. The molecule has 6 nitrogen and oxygen atoms in total. The van der Waals surface area contributed by atoms with Crippen LogP contribution in [0, 0.1) is 16.7 Å². The van der Waals surface area contributed by atoms with E-state index in [-0.39, 0.29) is 11.5 Å². The summed E-state index contributed by atoms with van der Waals surface area (Å²) >= 11 is 0. The van der Waals surface area contributed by atoms with Crippen molar-refractivity contribution < 1.29 is 4.74 Å². The first-order chi connectivity index (χ1) is 13.6. The standard InChI is InChI=1S/C22H29N5O/c1-22(2,14-26-8-10-28-11-9-26)15-27-7-6-19-20(25-16-24-19)21(27)18-5-3-4-17(12-18)13-23/h3-5,12,16,21H,6-11,14-15H2,1-2H3,(H,24,25). The summed E-state index contributed by atoms with van der Waals surface area (Å²) in [5.74, 6) is 0. The Morgan fingerprint density at radius 1 is 1.25 bits per heavy atom. The van der Waals surface area contributed by atoms with Crippen LogP contribution in [0.3, 0.4) is 0 Å². The minimum atomic E-state index is 0.0901. The zero-order valence-corrected chi connectivity index (χ0v) is 16.8. The fraction of sp³-hybridized carbons (Fsp3) is 0.545. The molecule has 1 atom stereocenters. The fourth-order valence-corrected chi connectivity index (χ4v) is 4.61. The molecule has 1 saturated heterocycles. The van der Waals surface area contributed by atoms with E-state index in [1.54, 1.807) is 6.33 Å². The molecule has 0 radical (unpaired) electrons. The van der Waals surface area contributed by atoms with E-state index >= 15 is 0 Å². The predicted octanol–water partition coefficient (Wildman–Crippen LogP) is 2.59. The molecule has 6 heteroatoms. The topological polar surface area (TPSA) is 68.2 Å². The smallest absolute Gasteiger partial charge is 0.0991 e. The lowest BCUT2D eigenvalue weighted by atomic mass is 9.87. The highest BCUT2D eigenvalue weighted by molar-refractivity contribution is 5.39. The van der Waals surface area contributed by atoms with Crippen LogP contribution in [-0.2, 0) is 11.2 Å². The van der Waals surface area contributed by atoms with E-state index in [0.717, 1.165) is 63.6 Å². The van der Waals surface area contributed by atoms with Gasteiger partial charge in [0.15, 0.2) is 0 Å². The van der Waals surface area contributed by atoms with Crippen LogP contribution in [0.4, 0.5) is 0 Å². The van der Waals surface area contributed by atoms with Crippen LogP contribution in [-0.4, -0.2) is 65.7 Å². The molecule has 1 aromatic carbocycles. The Kier molecular flexibility index (Phi) is 5.49. The number of hydrogen-bond acceptors (Lipinski definition) is 5. The molecule has 0 spiro atoms. The number of aromatic amines is 1. The number of ether oxygens (including phenoxy) is 1. The van der Waals surface area contributed by atoms with Gasteiger partial charge >= 0.3 is 0 Å². The molecular formula is C22H29N5O. The first-order valence-corrected chi connectivity index (χ1v) is 10.1. The molecular weight excluding hydrogens is 350 g/mol. The van der Waals surface area contributed by atoms with E-state index in [4.69, 9.17) is 4.74 Å². The largest absolute Gasteiger partial charge is 0.379 e. The van der Waals surface area contributed by atoms with Crippen LogP contribution >= 0.6 is 0 Å². The maximum absolute atomic E-state index is 9.35. The van der Waals surface area contributed by atoms with Crippen molar-refractivity contribution in [3.05, 3.63) is 53.1 Å².